The Bertz CT molecular complexity index is 511. The van der Waals surface area contributed by atoms with Crippen LogP contribution in [0.2, 0.25) is 0 Å². The Kier molecular flexibility index (Phi) is 4.56. The molecule has 0 amide bonds. The van der Waals surface area contributed by atoms with Crippen LogP contribution in [0.15, 0.2) is 60.7 Å². The van der Waals surface area contributed by atoms with Gasteiger partial charge in [-0.3, -0.25) is 4.79 Å². The van der Waals surface area contributed by atoms with Crippen molar-refractivity contribution in [1.29, 1.82) is 0 Å². The summed E-state index contributed by atoms with van der Waals surface area (Å²) in [6.07, 6.45) is 0.361. The van der Waals surface area contributed by atoms with Crippen LogP contribution in [0.5, 0.6) is 5.75 Å². The molecule has 3 heteroatoms. The van der Waals surface area contributed by atoms with Crippen molar-refractivity contribution in [3.63, 3.8) is 0 Å². The van der Waals surface area contributed by atoms with Crippen LogP contribution in [0.25, 0.3) is 0 Å². The fourth-order valence-corrected chi connectivity index (χ4v) is 1.74. The van der Waals surface area contributed by atoms with E-state index in [9.17, 15) is 4.79 Å². The van der Waals surface area contributed by atoms with Gasteiger partial charge in [0.15, 0.2) is 0 Å². The first-order chi connectivity index (χ1) is 9.25. The molecule has 2 aromatic rings. The summed E-state index contributed by atoms with van der Waals surface area (Å²) in [6.45, 7) is 0.635. The predicted molar refractivity (Wildman–Crippen MR) is 76.4 cm³/mol. The van der Waals surface area contributed by atoms with Crippen LogP contribution in [-0.2, 0) is 4.79 Å². The third-order valence-corrected chi connectivity index (χ3v) is 2.82. The SMILES string of the molecule is CN(CCC(=O)Oc1ccccc1)c1ccccc1. The molecule has 2 rings (SSSR count). The van der Waals surface area contributed by atoms with E-state index in [-0.39, 0.29) is 5.97 Å². The molecule has 0 fully saturated rings. The number of rotatable bonds is 5. The third kappa shape index (κ3) is 4.14. The minimum Gasteiger partial charge on any atom is -0.426 e. The minimum atomic E-state index is -0.214. The van der Waals surface area contributed by atoms with E-state index in [1.165, 1.54) is 0 Å². The lowest BCUT2D eigenvalue weighted by atomic mass is 10.3. The highest BCUT2D eigenvalue weighted by molar-refractivity contribution is 5.73. The Morgan fingerprint density at radius 1 is 1.00 bits per heavy atom. The summed E-state index contributed by atoms with van der Waals surface area (Å²) in [4.78, 5) is 13.7. The summed E-state index contributed by atoms with van der Waals surface area (Å²) < 4.78 is 5.24. The highest BCUT2D eigenvalue weighted by Crippen LogP contribution is 2.12. The van der Waals surface area contributed by atoms with Crippen molar-refractivity contribution in [2.24, 2.45) is 0 Å². The summed E-state index contributed by atoms with van der Waals surface area (Å²) >= 11 is 0. The van der Waals surface area contributed by atoms with Gasteiger partial charge in [-0.1, -0.05) is 36.4 Å². The molecule has 0 aliphatic heterocycles. The Hall–Kier alpha value is -2.29. The zero-order chi connectivity index (χ0) is 13.5. The van der Waals surface area contributed by atoms with Gasteiger partial charge in [-0.25, -0.2) is 0 Å². The average molecular weight is 255 g/mol. The molecule has 0 spiro atoms. The smallest absolute Gasteiger partial charge is 0.312 e. The highest BCUT2D eigenvalue weighted by atomic mass is 16.5. The largest absolute Gasteiger partial charge is 0.426 e. The zero-order valence-electron chi connectivity index (χ0n) is 11.0. The van der Waals surface area contributed by atoms with Crippen molar-refractivity contribution in [3.05, 3.63) is 60.7 Å². The number of benzene rings is 2. The molecule has 0 aliphatic rings. The number of ether oxygens (including phenoxy) is 1. The number of esters is 1. The number of para-hydroxylation sites is 2. The zero-order valence-corrected chi connectivity index (χ0v) is 11.0. The van der Waals surface area contributed by atoms with Crippen LogP contribution in [0, 0.1) is 0 Å². The van der Waals surface area contributed by atoms with Gasteiger partial charge >= 0.3 is 5.97 Å². The Labute approximate surface area is 113 Å². The van der Waals surface area contributed by atoms with Crippen molar-refractivity contribution in [3.8, 4) is 5.75 Å². The Balaban J connectivity index is 1.81. The van der Waals surface area contributed by atoms with Crippen LogP contribution < -0.4 is 9.64 Å². The summed E-state index contributed by atoms with van der Waals surface area (Å²) in [7, 11) is 1.96. The lowest BCUT2D eigenvalue weighted by Gasteiger charge is -2.18. The molecule has 0 radical (unpaired) electrons. The summed E-state index contributed by atoms with van der Waals surface area (Å²) in [5.41, 5.74) is 1.09. The molecule has 2 aromatic carbocycles. The van der Waals surface area contributed by atoms with Crippen LogP contribution >= 0.6 is 0 Å². The molecule has 3 nitrogen and oxygen atoms in total. The first kappa shape index (κ1) is 13.1. The van der Waals surface area contributed by atoms with E-state index in [1.54, 1.807) is 12.1 Å². The molecule has 0 saturated carbocycles. The highest BCUT2D eigenvalue weighted by Gasteiger charge is 2.07. The van der Waals surface area contributed by atoms with Crippen LogP contribution in [-0.4, -0.2) is 19.6 Å². The van der Waals surface area contributed by atoms with Gasteiger partial charge in [-0.2, -0.15) is 0 Å². The second kappa shape index (κ2) is 6.59. The molecule has 0 saturated heterocycles. The second-order valence-electron chi connectivity index (χ2n) is 4.29. The normalized spacial score (nSPS) is 9.95. The van der Waals surface area contributed by atoms with Gasteiger partial charge in [-0.15, -0.1) is 0 Å². The van der Waals surface area contributed by atoms with Crippen molar-refractivity contribution < 1.29 is 9.53 Å². The summed E-state index contributed by atoms with van der Waals surface area (Å²) in [6, 6.07) is 19.1. The predicted octanol–water partition coefficient (Wildman–Crippen LogP) is 3.12. The van der Waals surface area contributed by atoms with Crippen LogP contribution in [0.1, 0.15) is 6.42 Å². The van der Waals surface area contributed by atoms with E-state index in [2.05, 4.69) is 0 Å². The first-order valence-electron chi connectivity index (χ1n) is 6.27. The van der Waals surface area contributed by atoms with E-state index in [0.29, 0.717) is 18.7 Å². The van der Waals surface area contributed by atoms with Gasteiger partial charge in [0, 0.05) is 19.3 Å². The fourth-order valence-electron chi connectivity index (χ4n) is 1.74. The standard InChI is InChI=1S/C16H17NO2/c1-17(14-8-4-2-5-9-14)13-12-16(18)19-15-10-6-3-7-11-15/h2-11H,12-13H2,1H3. The molecule has 0 unspecified atom stereocenters. The first-order valence-corrected chi connectivity index (χ1v) is 6.27. The lowest BCUT2D eigenvalue weighted by molar-refractivity contribution is -0.134. The molecule has 98 valence electrons. The molecule has 19 heavy (non-hydrogen) atoms. The van der Waals surface area contributed by atoms with E-state index in [1.807, 2.05) is 60.5 Å². The number of hydrogen-bond acceptors (Lipinski definition) is 3. The minimum absolute atomic E-state index is 0.214. The van der Waals surface area contributed by atoms with Crippen LogP contribution in [0.4, 0.5) is 5.69 Å². The van der Waals surface area contributed by atoms with Crippen molar-refractivity contribution in [2.45, 2.75) is 6.42 Å². The summed E-state index contributed by atoms with van der Waals surface area (Å²) in [5, 5.41) is 0. The Morgan fingerprint density at radius 2 is 1.58 bits per heavy atom. The van der Waals surface area contributed by atoms with Gasteiger partial charge in [0.25, 0.3) is 0 Å². The van der Waals surface area contributed by atoms with Crippen molar-refractivity contribution in [2.75, 3.05) is 18.5 Å². The molecule has 0 bridgehead atoms. The average Bonchev–Trinajstić information content (AvgIpc) is 2.47. The second-order valence-corrected chi connectivity index (χ2v) is 4.29. The maximum absolute atomic E-state index is 11.7. The van der Waals surface area contributed by atoms with E-state index >= 15 is 0 Å². The maximum atomic E-state index is 11.7. The lowest BCUT2D eigenvalue weighted by Crippen LogP contribution is -2.22. The van der Waals surface area contributed by atoms with E-state index < -0.39 is 0 Å². The molecule has 0 heterocycles. The molecule has 0 atom stereocenters. The van der Waals surface area contributed by atoms with Crippen molar-refractivity contribution in [1.82, 2.24) is 0 Å². The molecule has 0 aliphatic carbocycles. The maximum Gasteiger partial charge on any atom is 0.312 e. The van der Waals surface area contributed by atoms with Gasteiger partial charge in [-0.05, 0) is 24.3 Å². The quantitative estimate of drug-likeness (QED) is 0.607. The van der Waals surface area contributed by atoms with Gasteiger partial charge < -0.3 is 9.64 Å². The van der Waals surface area contributed by atoms with Crippen LogP contribution in [0.3, 0.4) is 0 Å². The third-order valence-electron chi connectivity index (χ3n) is 2.82. The summed E-state index contributed by atoms with van der Waals surface area (Å²) in [5.74, 6) is 0.379. The molecular formula is C16H17NO2. The van der Waals surface area contributed by atoms with Gasteiger partial charge in [0.2, 0.25) is 0 Å². The molecule has 0 aromatic heterocycles. The monoisotopic (exact) mass is 255 g/mol. The topological polar surface area (TPSA) is 29.5 Å². The number of hydrogen-bond donors (Lipinski definition) is 0. The van der Waals surface area contributed by atoms with Gasteiger partial charge in [0.05, 0.1) is 6.42 Å². The van der Waals surface area contributed by atoms with E-state index in [0.717, 1.165) is 5.69 Å². The number of carbonyl (C=O) groups excluding carboxylic acids is 1. The van der Waals surface area contributed by atoms with Crippen molar-refractivity contribution >= 4 is 11.7 Å². The van der Waals surface area contributed by atoms with Gasteiger partial charge in [0.1, 0.15) is 5.75 Å². The molecular weight excluding hydrogens is 238 g/mol. The number of carbonyl (C=O) groups is 1. The van der Waals surface area contributed by atoms with E-state index in [4.69, 9.17) is 4.74 Å². The Morgan fingerprint density at radius 3 is 2.21 bits per heavy atom. The fraction of sp³-hybridized carbons (Fsp3) is 0.188. The number of nitrogens with zero attached hydrogens (tertiary/aromatic N) is 1. The number of anilines is 1. The molecule has 0 N–H and O–H groups in total.